The summed E-state index contributed by atoms with van der Waals surface area (Å²) in [6.45, 7) is 18.6. The van der Waals surface area contributed by atoms with Crippen LogP contribution in [-0.4, -0.2) is 143 Å². The monoisotopic (exact) mass is 928 g/mol. The Balaban J connectivity index is 1.90. The lowest BCUT2D eigenvalue weighted by molar-refractivity contribution is -0.318. The van der Waals surface area contributed by atoms with Gasteiger partial charge in [-0.3, -0.25) is 4.79 Å². The SMILES string of the molecule is CC[C@H]1CC(=O)[C@H](C)[C@@H](O[C@H]2C[C@@](C)(OC)[C@@H](O)[C@H](C)O2)[C@H](C)[C@@H](O[C@@H]2O[C@H](C)C[C@H](N(C)C)[C@H]2O)[C@](C)(OC)C[C@@H](C)/C(=N\OCc2ccc(Br)cc2)[C@H](C)[C@@H](O)[C@]1(C)O. The van der Waals surface area contributed by atoms with Crippen molar-refractivity contribution in [3.63, 3.8) is 0 Å². The molecule has 61 heavy (non-hydrogen) atoms. The molecular weight excluding hydrogens is 852 g/mol. The van der Waals surface area contributed by atoms with Crippen molar-refractivity contribution in [1.82, 2.24) is 4.90 Å². The fraction of sp³-hybridized carbons (Fsp3) is 0.826. The highest BCUT2D eigenvalue weighted by molar-refractivity contribution is 9.10. The van der Waals surface area contributed by atoms with Gasteiger partial charge in [0.15, 0.2) is 12.6 Å². The van der Waals surface area contributed by atoms with Crippen molar-refractivity contribution in [2.45, 2.75) is 186 Å². The second-order valence-corrected chi connectivity index (χ2v) is 20.0. The number of ketones is 1. The molecule has 1 aromatic rings. The maximum atomic E-state index is 14.7. The number of nitrogens with zero attached hydrogens (tertiary/aromatic N) is 2. The first-order valence-corrected chi connectivity index (χ1v) is 22.9. The smallest absolute Gasteiger partial charge is 0.185 e. The van der Waals surface area contributed by atoms with Crippen molar-refractivity contribution >= 4 is 27.4 Å². The Bertz CT molecular complexity index is 1580. The molecule has 14 nitrogen and oxygen atoms in total. The van der Waals surface area contributed by atoms with E-state index < -0.39 is 95.6 Å². The van der Waals surface area contributed by atoms with E-state index in [2.05, 4.69) is 15.9 Å². The fourth-order valence-electron chi connectivity index (χ4n) is 9.96. The standard InChI is InChI=1S/C46H77BrN2O12/c1-15-32-21-35(50)27(4)39(60-36-23-44(8,55-13)41(53)30(7)59-36)29(6)42(61-43-38(51)34(49(11)12)20-26(3)58-43)45(9,56-14)22-25(2)37(28(5)40(52)46(32,10)54)48-57-24-31-16-18-33(47)19-17-31/h16-19,25-30,32,34,36,38-43,51-54H,15,20-24H2,1-14H3/b48-37+/t25-,26-,27+,28+,29+,30+,32+,34+,36+,38-,39-,40-,41+,42-,43+,44-,45-,46-/m1/s1. The van der Waals surface area contributed by atoms with Gasteiger partial charge >= 0.3 is 0 Å². The molecule has 2 saturated heterocycles. The van der Waals surface area contributed by atoms with E-state index in [0.29, 0.717) is 18.6 Å². The number of Topliss-reactive ketones (excluding diaryl/α,β-unsaturated/α-hetero) is 1. The molecule has 3 fully saturated rings. The number of carbonyl (C=O) groups excluding carboxylic acids is 1. The predicted octanol–water partition coefficient (Wildman–Crippen LogP) is 5.87. The maximum absolute atomic E-state index is 14.7. The van der Waals surface area contributed by atoms with Gasteiger partial charge in [-0.1, -0.05) is 74.3 Å². The Kier molecular flexibility index (Phi) is 18.4. The van der Waals surface area contributed by atoms with E-state index >= 15 is 0 Å². The van der Waals surface area contributed by atoms with E-state index in [-0.39, 0.29) is 43.8 Å². The summed E-state index contributed by atoms with van der Waals surface area (Å²) in [6, 6.07) is 7.44. The molecule has 4 N–H and O–H groups in total. The number of benzene rings is 1. The number of likely N-dealkylation sites (N-methyl/N-ethyl adjacent to an activating group) is 1. The number of hydrogen-bond acceptors (Lipinski definition) is 14. The molecule has 0 aromatic heterocycles. The predicted molar refractivity (Wildman–Crippen MR) is 236 cm³/mol. The van der Waals surface area contributed by atoms with Crippen LogP contribution in [0.25, 0.3) is 0 Å². The van der Waals surface area contributed by atoms with Crippen LogP contribution in [0.5, 0.6) is 0 Å². The number of oxime groups is 1. The third-order valence-corrected chi connectivity index (χ3v) is 14.8. The van der Waals surface area contributed by atoms with Crippen LogP contribution < -0.4 is 0 Å². The average molecular weight is 930 g/mol. The van der Waals surface area contributed by atoms with Crippen molar-refractivity contribution in [3.05, 3.63) is 34.3 Å². The second kappa shape index (κ2) is 21.6. The number of halogens is 1. The molecule has 15 heteroatoms. The highest BCUT2D eigenvalue weighted by atomic mass is 79.9. The van der Waals surface area contributed by atoms with Crippen LogP contribution in [0.15, 0.2) is 33.9 Å². The molecule has 1 aliphatic carbocycles. The molecule has 18 atom stereocenters. The number of carbonyl (C=O) groups is 1. The quantitative estimate of drug-likeness (QED) is 0.194. The molecule has 2 heterocycles. The first-order chi connectivity index (χ1) is 28.4. The summed E-state index contributed by atoms with van der Waals surface area (Å²) in [5, 5.41) is 52.0. The highest BCUT2D eigenvalue weighted by Crippen LogP contribution is 2.43. The molecule has 3 aliphatic rings. The van der Waals surface area contributed by atoms with Gasteiger partial charge in [0, 0.05) is 61.2 Å². The van der Waals surface area contributed by atoms with E-state index in [1.807, 2.05) is 84.8 Å². The average Bonchev–Trinajstić information content (AvgIpc) is 3.21. The molecular formula is C46H77BrN2O12. The zero-order valence-electron chi connectivity index (χ0n) is 39.0. The molecule has 0 spiro atoms. The summed E-state index contributed by atoms with van der Waals surface area (Å²) in [5.41, 5.74) is -2.49. The van der Waals surface area contributed by atoms with Gasteiger partial charge < -0.3 is 58.6 Å². The summed E-state index contributed by atoms with van der Waals surface area (Å²) in [5.74, 6) is -3.36. The number of aliphatic hydroxyl groups is 4. The van der Waals surface area contributed by atoms with E-state index in [9.17, 15) is 25.2 Å². The largest absolute Gasteiger partial charge is 0.391 e. The first-order valence-electron chi connectivity index (χ1n) is 22.1. The van der Waals surface area contributed by atoms with E-state index in [4.69, 9.17) is 38.4 Å². The summed E-state index contributed by atoms with van der Waals surface area (Å²) >= 11 is 3.48. The lowest BCUT2D eigenvalue weighted by Crippen LogP contribution is -2.61. The Hall–Kier alpha value is -1.60. The number of aliphatic hydroxyl groups excluding tert-OH is 3. The number of rotatable bonds is 11. The molecule has 350 valence electrons. The van der Waals surface area contributed by atoms with Crippen LogP contribution >= 0.6 is 15.9 Å². The van der Waals surface area contributed by atoms with Gasteiger partial charge in [0.2, 0.25) is 0 Å². The van der Waals surface area contributed by atoms with Crippen LogP contribution in [0.1, 0.15) is 107 Å². The second-order valence-electron chi connectivity index (χ2n) is 19.1. The van der Waals surface area contributed by atoms with Gasteiger partial charge in [-0.05, 0) is 85.2 Å². The van der Waals surface area contributed by atoms with Gasteiger partial charge in [-0.15, -0.1) is 0 Å². The third-order valence-electron chi connectivity index (χ3n) is 14.2. The first kappa shape index (κ1) is 52.0. The van der Waals surface area contributed by atoms with Gasteiger partial charge in [-0.25, -0.2) is 0 Å². The molecule has 0 amide bonds. The van der Waals surface area contributed by atoms with Gasteiger partial charge in [0.25, 0.3) is 0 Å². The molecule has 2 aliphatic heterocycles. The number of methoxy groups -OCH3 is 2. The minimum absolute atomic E-state index is 0.0564. The Morgan fingerprint density at radius 1 is 0.885 bits per heavy atom. The zero-order chi connectivity index (χ0) is 45.8. The van der Waals surface area contributed by atoms with Crippen molar-refractivity contribution in [1.29, 1.82) is 0 Å². The summed E-state index contributed by atoms with van der Waals surface area (Å²) in [6.07, 6.45) is -6.52. The highest BCUT2D eigenvalue weighted by Gasteiger charge is 2.53. The normalized spacial score (nSPS) is 44.2. The van der Waals surface area contributed by atoms with Crippen molar-refractivity contribution < 1.29 is 58.5 Å². The summed E-state index contributed by atoms with van der Waals surface area (Å²) < 4.78 is 39.9. The number of ether oxygens (including phenoxy) is 6. The third kappa shape index (κ3) is 12.0. The Morgan fingerprint density at radius 3 is 2.08 bits per heavy atom. The van der Waals surface area contributed by atoms with Crippen molar-refractivity contribution in [3.8, 4) is 0 Å². The van der Waals surface area contributed by atoms with Gasteiger partial charge in [0.05, 0.1) is 53.0 Å². The van der Waals surface area contributed by atoms with Crippen LogP contribution in [0.2, 0.25) is 0 Å². The van der Waals surface area contributed by atoms with Crippen LogP contribution in [-0.2, 0) is 44.7 Å². The lowest BCUT2D eigenvalue weighted by atomic mass is 9.69. The molecule has 1 aromatic carbocycles. The van der Waals surface area contributed by atoms with E-state index in [0.717, 1.165) is 10.0 Å². The molecule has 0 unspecified atom stereocenters. The minimum atomic E-state index is -1.70. The summed E-state index contributed by atoms with van der Waals surface area (Å²) in [7, 11) is 6.96. The van der Waals surface area contributed by atoms with E-state index in [1.54, 1.807) is 34.8 Å². The number of hydrogen-bond donors (Lipinski definition) is 4. The maximum Gasteiger partial charge on any atom is 0.185 e. The molecule has 0 bridgehead atoms. The zero-order valence-corrected chi connectivity index (χ0v) is 40.6. The Morgan fingerprint density at radius 2 is 1.51 bits per heavy atom. The fourth-order valence-corrected chi connectivity index (χ4v) is 10.2. The minimum Gasteiger partial charge on any atom is -0.391 e. The van der Waals surface area contributed by atoms with Gasteiger partial charge in [-0.2, -0.15) is 0 Å². The van der Waals surface area contributed by atoms with Crippen LogP contribution in [0.3, 0.4) is 0 Å². The van der Waals surface area contributed by atoms with Crippen molar-refractivity contribution in [2.75, 3.05) is 28.3 Å². The molecule has 4 rings (SSSR count). The van der Waals surface area contributed by atoms with E-state index in [1.165, 1.54) is 7.11 Å². The summed E-state index contributed by atoms with van der Waals surface area (Å²) in [4.78, 5) is 22.7. The van der Waals surface area contributed by atoms with Gasteiger partial charge in [0.1, 0.15) is 24.6 Å². The van der Waals surface area contributed by atoms with Crippen molar-refractivity contribution in [2.24, 2.45) is 34.7 Å². The molecule has 1 saturated carbocycles. The molecule has 0 radical (unpaired) electrons. The van der Waals surface area contributed by atoms with Crippen LogP contribution in [0, 0.1) is 29.6 Å². The van der Waals surface area contributed by atoms with Crippen LogP contribution in [0.4, 0.5) is 0 Å². The Labute approximate surface area is 373 Å². The topological polar surface area (TPSA) is 178 Å². The lowest BCUT2D eigenvalue weighted by Gasteiger charge is -2.50.